The Balaban J connectivity index is 1.57. The summed E-state index contributed by atoms with van der Waals surface area (Å²) in [4.78, 5) is 15.3. The lowest BCUT2D eigenvalue weighted by Gasteiger charge is -2.34. The van der Waals surface area contributed by atoms with E-state index in [9.17, 15) is 18.0 Å². The molecule has 3 aromatic rings. The van der Waals surface area contributed by atoms with E-state index in [1.54, 1.807) is 34.8 Å². The fourth-order valence-electron chi connectivity index (χ4n) is 4.98. The molecule has 0 unspecified atom stereocenters. The third-order valence-corrected chi connectivity index (χ3v) is 6.73. The van der Waals surface area contributed by atoms with E-state index in [0.717, 1.165) is 24.1 Å². The monoisotopic (exact) mass is 461 g/mol. The normalized spacial score (nSPS) is 19.2. The smallest absolute Gasteiger partial charge is 0.256 e. The van der Waals surface area contributed by atoms with Crippen LogP contribution in [0.25, 0.3) is 11.3 Å². The van der Waals surface area contributed by atoms with Gasteiger partial charge in [0.25, 0.3) is 5.91 Å². The molecule has 1 amide bonds. The molecule has 2 aromatic carbocycles. The second-order valence-electron chi connectivity index (χ2n) is 8.08. The van der Waals surface area contributed by atoms with Crippen molar-refractivity contribution >= 4 is 17.5 Å². The molecule has 0 aliphatic carbocycles. The highest BCUT2D eigenvalue weighted by atomic mass is 35.5. The average Bonchev–Trinajstić information content (AvgIpc) is 3.27. The zero-order chi connectivity index (χ0) is 22.7. The molecule has 2 bridgehead atoms. The van der Waals surface area contributed by atoms with Gasteiger partial charge in [-0.1, -0.05) is 17.7 Å². The van der Waals surface area contributed by atoms with Gasteiger partial charge in [0.05, 0.1) is 35.1 Å². The van der Waals surface area contributed by atoms with Crippen molar-refractivity contribution < 1.29 is 22.7 Å². The van der Waals surface area contributed by atoms with Crippen molar-refractivity contribution in [1.29, 1.82) is 0 Å². The molecule has 2 aliphatic rings. The van der Waals surface area contributed by atoms with Crippen molar-refractivity contribution in [3.8, 4) is 17.0 Å². The van der Waals surface area contributed by atoms with E-state index >= 15 is 0 Å². The zero-order valence-electron chi connectivity index (χ0n) is 17.3. The summed E-state index contributed by atoms with van der Waals surface area (Å²) >= 11 is 6.40. The lowest BCUT2D eigenvalue weighted by atomic mass is 9.94. The molecule has 0 spiro atoms. The van der Waals surface area contributed by atoms with Gasteiger partial charge < -0.3 is 9.64 Å². The number of benzene rings is 2. The molecule has 1 fully saturated rings. The first kappa shape index (κ1) is 20.9. The third-order valence-electron chi connectivity index (χ3n) is 6.34. The predicted octanol–water partition coefficient (Wildman–Crippen LogP) is 5.07. The molecule has 5 rings (SSSR count). The van der Waals surface area contributed by atoms with E-state index in [1.807, 2.05) is 0 Å². The first-order valence-corrected chi connectivity index (χ1v) is 10.6. The predicted molar refractivity (Wildman–Crippen MR) is 112 cm³/mol. The average molecular weight is 462 g/mol. The second-order valence-corrected chi connectivity index (χ2v) is 8.45. The minimum Gasteiger partial charge on any atom is -0.495 e. The van der Waals surface area contributed by atoms with Gasteiger partial charge in [-0.25, -0.2) is 13.2 Å². The van der Waals surface area contributed by atoms with Gasteiger partial charge in [0, 0.05) is 24.2 Å². The van der Waals surface area contributed by atoms with Crippen LogP contribution in [0, 0.1) is 17.5 Å². The van der Waals surface area contributed by atoms with Gasteiger partial charge in [0.1, 0.15) is 5.75 Å². The summed E-state index contributed by atoms with van der Waals surface area (Å²) in [6.45, 7) is 0. The van der Waals surface area contributed by atoms with Gasteiger partial charge >= 0.3 is 0 Å². The SMILES string of the molecule is COc1cccc(C(=O)N2[C@@H]3CC[C@H]2c2nn(C)c(-c4cc(F)c(F)c(F)c4)c2C3)c1Cl. The summed E-state index contributed by atoms with van der Waals surface area (Å²) in [5, 5.41) is 4.85. The fourth-order valence-corrected chi connectivity index (χ4v) is 5.26. The molecule has 1 aromatic heterocycles. The lowest BCUT2D eigenvalue weighted by Crippen LogP contribution is -2.42. The van der Waals surface area contributed by atoms with Gasteiger partial charge in [0.15, 0.2) is 17.5 Å². The second kappa shape index (κ2) is 7.55. The van der Waals surface area contributed by atoms with E-state index in [4.69, 9.17) is 16.3 Å². The maximum Gasteiger partial charge on any atom is 0.256 e. The summed E-state index contributed by atoms with van der Waals surface area (Å²) in [7, 11) is 3.16. The Bertz CT molecular complexity index is 1240. The van der Waals surface area contributed by atoms with E-state index in [-0.39, 0.29) is 28.6 Å². The fraction of sp³-hybridized carbons (Fsp3) is 0.304. The van der Waals surface area contributed by atoms with Gasteiger partial charge in [-0.3, -0.25) is 9.48 Å². The van der Waals surface area contributed by atoms with Crippen LogP contribution < -0.4 is 4.74 Å². The molecule has 2 aliphatic heterocycles. The zero-order valence-corrected chi connectivity index (χ0v) is 18.1. The van der Waals surface area contributed by atoms with Crippen LogP contribution in [0.4, 0.5) is 13.2 Å². The molecule has 9 heteroatoms. The van der Waals surface area contributed by atoms with Crippen LogP contribution in [-0.2, 0) is 13.5 Å². The summed E-state index contributed by atoms with van der Waals surface area (Å²) < 4.78 is 48.0. The quantitative estimate of drug-likeness (QED) is 0.512. The Morgan fingerprint density at radius 1 is 1.19 bits per heavy atom. The Morgan fingerprint density at radius 2 is 1.91 bits per heavy atom. The highest BCUT2D eigenvalue weighted by molar-refractivity contribution is 6.35. The number of carbonyl (C=O) groups is 1. The number of aryl methyl sites for hydroxylation is 1. The lowest BCUT2D eigenvalue weighted by molar-refractivity contribution is 0.0642. The first-order chi connectivity index (χ1) is 15.3. The van der Waals surface area contributed by atoms with Gasteiger partial charge in [-0.2, -0.15) is 5.10 Å². The molecule has 1 saturated heterocycles. The number of halogens is 4. The number of hydrogen-bond acceptors (Lipinski definition) is 3. The molecule has 2 atom stereocenters. The molecular formula is C23H19ClF3N3O2. The number of methoxy groups -OCH3 is 1. The van der Waals surface area contributed by atoms with Crippen molar-refractivity contribution in [3.05, 3.63) is 69.6 Å². The number of hydrogen-bond donors (Lipinski definition) is 0. The molecule has 3 heterocycles. The number of fused-ring (bicyclic) bond motifs is 4. The minimum absolute atomic E-state index is 0.111. The Labute approximate surface area is 187 Å². The minimum atomic E-state index is -1.50. The maximum atomic E-state index is 13.9. The van der Waals surface area contributed by atoms with Crippen LogP contribution in [0.5, 0.6) is 5.75 Å². The van der Waals surface area contributed by atoms with Crippen LogP contribution in [0.1, 0.15) is 40.5 Å². The largest absolute Gasteiger partial charge is 0.495 e. The van der Waals surface area contributed by atoms with Crippen molar-refractivity contribution in [2.24, 2.45) is 7.05 Å². The van der Waals surface area contributed by atoms with Crippen molar-refractivity contribution in [1.82, 2.24) is 14.7 Å². The number of ether oxygens (including phenoxy) is 1. The van der Waals surface area contributed by atoms with Gasteiger partial charge in [-0.15, -0.1) is 0 Å². The van der Waals surface area contributed by atoms with Crippen LogP contribution >= 0.6 is 11.6 Å². The van der Waals surface area contributed by atoms with E-state index in [2.05, 4.69) is 5.10 Å². The van der Waals surface area contributed by atoms with Gasteiger partial charge in [-0.05, 0) is 43.5 Å². The highest BCUT2D eigenvalue weighted by Gasteiger charge is 2.46. The summed E-state index contributed by atoms with van der Waals surface area (Å²) in [6, 6.07) is 6.63. The van der Waals surface area contributed by atoms with Crippen LogP contribution in [0.2, 0.25) is 5.02 Å². The number of carbonyl (C=O) groups excluding carboxylic acids is 1. The van der Waals surface area contributed by atoms with E-state index < -0.39 is 17.5 Å². The van der Waals surface area contributed by atoms with E-state index in [1.165, 1.54) is 7.11 Å². The highest BCUT2D eigenvalue weighted by Crippen LogP contribution is 2.47. The van der Waals surface area contributed by atoms with Crippen LogP contribution in [-0.4, -0.2) is 33.7 Å². The maximum absolute atomic E-state index is 13.9. The van der Waals surface area contributed by atoms with E-state index in [0.29, 0.717) is 35.5 Å². The Kier molecular flexibility index (Phi) is 4.93. The van der Waals surface area contributed by atoms with Crippen LogP contribution in [0.3, 0.4) is 0 Å². The molecular weight excluding hydrogens is 443 g/mol. The third kappa shape index (κ3) is 3.00. The van der Waals surface area contributed by atoms with Crippen molar-refractivity contribution in [2.75, 3.05) is 7.11 Å². The molecule has 166 valence electrons. The van der Waals surface area contributed by atoms with Gasteiger partial charge in [0.2, 0.25) is 0 Å². The molecule has 5 nitrogen and oxygen atoms in total. The van der Waals surface area contributed by atoms with Crippen LogP contribution in [0.15, 0.2) is 30.3 Å². The molecule has 0 N–H and O–H groups in total. The summed E-state index contributed by atoms with van der Waals surface area (Å²) in [5.41, 5.74) is 2.61. The summed E-state index contributed by atoms with van der Waals surface area (Å²) in [5.74, 6) is -3.80. The topological polar surface area (TPSA) is 47.4 Å². The number of aromatic nitrogens is 2. The molecule has 0 saturated carbocycles. The number of rotatable bonds is 3. The molecule has 0 radical (unpaired) electrons. The van der Waals surface area contributed by atoms with Crippen molar-refractivity contribution in [2.45, 2.75) is 31.3 Å². The first-order valence-electron chi connectivity index (χ1n) is 10.2. The standard InChI is InChI=1S/C23H19ClF3N3O2/c1-29-22(11-8-15(25)20(27)16(26)9-11)14-10-12-6-7-17(21(14)28-29)30(12)23(31)13-4-3-5-18(32-2)19(13)24/h3-5,8-9,12,17H,6-7,10H2,1-2H3/t12-,17+/m1/s1. The molecule has 32 heavy (non-hydrogen) atoms. The Morgan fingerprint density at radius 3 is 2.59 bits per heavy atom. The van der Waals surface area contributed by atoms with Crippen molar-refractivity contribution in [3.63, 3.8) is 0 Å². The number of amides is 1. The Hall–Kier alpha value is -3.00. The number of nitrogens with zero attached hydrogens (tertiary/aromatic N) is 3. The summed E-state index contributed by atoms with van der Waals surface area (Å²) in [6.07, 6.45) is 1.96.